The summed E-state index contributed by atoms with van der Waals surface area (Å²) in [4.78, 5) is 8.73. The quantitative estimate of drug-likeness (QED) is 0.163. The van der Waals surface area contributed by atoms with Gasteiger partial charge in [0, 0.05) is 0 Å². The first kappa shape index (κ1) is 22.5. The van der Waals surface area contributed by atoms with Crippen LogP contribution in [0.5, 0.6) is 5.75 Å². The van der Waals surface area contributed by atoms with Crippen LogP contribution in [0.3, 0.4) is 0 Å². The number of rotatable bonds is 10. The minimum absolute atomic E-state index is 0.471. The van der Waals surface area contributed by atoms with Crippen molar-refractivity contribution in [2.24, 2.45) is 5.10 Å². The van der Waals surface area contributed by atoms with Crippen LogP contribution in [-0.4, -0.2) is 39.7 Å². The zero-order valence-corrected chi connectivity index (χ0v) is 18.4. The third-order valence-corrected chi connectivity index (χ3v) is 4.41. The van der Waals surface area contributed by atoms with Gasteiger partial charge in [0.05, 0.1) is 36.9 Å². The van der Waals surface area contributed by atoms with Gasteiger partial charge in [-0.2, -0.15) is 10.2 Å². The van der Waals surface area contributed by atoms with Crippen LogP contribution >= 0.6 is 0 Å². The number of allylic oxidation sites excluding steroid dienone is 5. The maximum absolute atomic E-state index is 5.49. The van der Waals surface area contributed by atoms with Gasteiger partial charge in [-0.1, -0.05) is 24.8 Å². The van der Waals surface area contributed by atoms with Gasteiger partial charge in [-0.05, 0) is 55.3 Å². The third-order valence-electron chi connectivity index (χ3n) is 4.41. The van der Waals surface area contributed by atoms with Crippen LogP contribution in [0.25, 0.3) is 16.7 Å². The fourth-order valence-electron chi connectivity index (χ4n) is 2.92. The summed E-state index contributed by atoms with van der Waals surface area (Å²) in [5.41, 5.74) is 6.41. The van der Waals surface area contributed by atoms with E-state index in [1.165, 1.54) is 6.33 Å². The van der Waals surface area contributed by atoms with E-state index in [4.69, 9.17) is 9.47 Å². The number of fused-ring (bicyclic) bond motifs is 1. The van der Waals surface area contributed by atoms with Gasteiger partial charge >= 0.3 is 0 Å². The average Bonchev–Trinajstić information content (AvgIpc) is 3.24. The van der Waals surface area contributed by atoms with Crippen molar-refractivity contribution in [2.75, 3.05) is 19.1 Å². The van der Waals surface area contributed by atoms with Crippen LogP contribution in [0.1, 0.15) is 19.4 Å². The Morgan fingerprint density at radius 1 is 1.22 bits per heavy atom. The van der Waals surface area contributed by atoms with Gasteiger partial charge < -0.3 is 9.47 Å². The Balaban J connectivity index is 1.84. The summed E-state index contributed by atoms with van der Waals surface area (Å²) in [6.07, 6.45) is 14.0. The molecule has 1 aromatic carbocycles. The maximum Gasteiger partial charge on any atom is 0.168 e. The first-order chi connectivity index (χ1) is 15.7. The second-order valence-corrected chi connectivity index (χ2v) is 6.66. The van der Waals surface area contributed by atoms with E-state index in [0.29, 0.717) is 18.1 Å². The second kappa shape index (κ2) is 11.3. The fraction of sp³-hybridized carbons (Fsp3) is 0.167. The molecule has 0 aliphatic rings. The van der Waals surface area contributed by atoms with Crippen molar-refractivity contribution < 1.29 is 9.47 Å². The molecule has 0 atom stereocenters. The molecular formula is C24H26N6O2. The Labute approximate surface area is 187 Å². The lowest BCUT2D eigenvalue weighted by atomic mass is 10.2. The van der Waals surface area contributed by atoms with Crippen LogP contribution in [0.4, 0.5) is 5.82 Å². The molecule has 0 saturated heterocycles. The van der Waals surface area contributed by atoms with E-state index in [1.807, 2.05) is 56.3 Å². The molecule has 0 unspecified atom stereocenters. The lowest BCUT2D eigenvalue weighted by molar-refractivity contribution is 0.338. The SMILES string of the molecule is C=CCOc1ccc(/C=N/Nc2ncnc3c2cnn3C(/C=C/OC)=C(C)/C=C\C)cc1. The summed E-state index contributed by atoms with van der Waals surface area (Å²) in [5, 5.41) is 9.57. The van der Waals surface area contributed by atoms with Gasteiger partial charge in [0.1, 0.15) is 18.7 Å². The van der Waals surface area contributed by atoms with E-state index in [2.05, 4.69) is 32.2 Å². The molecule has 3 rings (SSSR count). The maximum atomic E-state index is 5.49. The summed E-state index contributed by atoms with van der Waals surface area (Å²) >= 11 is 0. The molecule has 164 valence electrons. The Morgan fingerprint density at radius 3 is 2.75 bits per heavy atom. The molecule has 2 heterocycles. The van der Waals surface area contributed by atoms with Crippen molar-refractivity contribution in [3.8, 4) is 5.75 Å². The number of nitrogens with one attached hydrogen (secondary N) is 1. The summed E-state index contributed by atoms with van der Waals surface area (Å²) in [6, 6.07) is 7.60. The van der Waals surface area contributed by atoms with Crippen LogP contribution < -0.4 is 10.2 Å². The molecule has 0 saturated carbocycles. The van der Waals surface area contributed by atoms with E-state index in [1.54, 1.807) is 36.5 Å². The Kier molecular flexibility index (Phi) is 7.91. The Bertz CT molecular complexity index is 1170. The fourth-order valence-corrected chi connectivity index (χ4v) is 2.92. The number of methoxy groups -OCH3 is 1. The topological polar surface area (TPSA) is 86.5 Å². The van der Waals surface area contributed by atoms with Crippen LogP contribution in [0, 0.1) is 0 Å². The number of benzene rings is 1. The Morgan fingerprint density at radius 2 is 2.03 bits per heavy atom. The molecule has 8 nitrogen and oxygen atoms in total. The second-order valence-electron chi connectivity index (χ2n) is 6.66. The van der Waals surface area contributed by atoms with Crippen molar-refractivity contribution in [3.05, 3.63) is 85.1 Å². The highest BCUT2D eigenvalue weighted by molar-refractivity contribution is 5.89. The summed E-state index contributed by atoms with van der Waals surface area (Å²) in [6.45, 7) is 8.08. The standard InChI is InChI=1S/C24H26N6O2/c1-5-7-18(3)22(12-14-31-4)30-24-21(16-28-30)23(25-17-26-24)29-27-15-19-8-10-20(11-9-19)32-13-6-2/h5-12,14-17H,2,13H2,1,3-4H3,(H,25,26,29)/b7-5-,14-12+,22-18+,27-15+. The molecule has 32 heavy (non-hydrogen) atoms. The zero-order chi connectivity index (χ0) is 22.8. The highest BCUT2D eigenvalue weighted by Crippen LogP contribution is 2.23. The molecule has 0 amide bonds. The molecule has 3 aromatic rings. The van der Waals surface area contributed by atoms with Crippen molar-refractivity contribution in [1.29, 1.82) is 0 Å². The molecule has 0 fully saturated rings. The van der Waals surface area contributed by atoms with E-state index >= 15 is 0 Å². The first-order valence-corrected chi connectivity index (χ1v) is 10.0. The Hall–Kier alpha value is -4.20. The third kappa shape index (κ3) is 5.48. The number of ether oxygens (including phenoxy) is 2. The molecule has 2 aromatic heterocycles. The smallest absolute Gasteiger partial charge is 0.168 e. The average molecular weight is 431 g/mol. The molecule has 1 N–H and O–H groups in total. The summed E-state index contributed by atoms with van der Waals surface area (Å²) in [5.74, 6) is 1.33. The van der Waals surface area contributed by atoms with E-state index in [9.17, 15) is 0 Å². The molecule has 0 radical (unpaired) electrons. The predicted octanol–water partition coefficient (Wildman–Crippen LogP) is 4.80. The van der Waals surface area contributed by atoms with Crippen molar-refractivity contribution in [2.45, 2.75) is 13.8 Å². The minimum atomic E-state index is 0.471. The van der Waals surface area contributed by atoms with Gasteiger partial charge in [0.15, 0.2) is 11.5 Å². The summed E-state index contributed by atoms with van der Waals surface area (Å²) < 4.78 is 12.3. The first-order valence-electron chi connectivity index (χ1n) is 10.0. The van der Waals surface area contributed by atoms with Crippen molar-refractivity contribution >= 4 is 28.8 Å². The molecule has 0 bridgehead atoms. The number of anilines is 1. The van der Waals surface area contributed by atoms with E-state index < -0.39 is 0 Å². The van der Waals surface area contributed by atoms with Crippen molar-refractivity contribution in [1.82, 2.24) is 19.7 Å². The van der Waals surface area contributed by atoms with Crippen LogP contribution in [-0.2, 0) is 4.74 Å². The van der Waals surface area contributed by atoms with Gasteiger partial charge in [-0.15, -0.1) is 0 Å². The minimum Gasteiger partial charge on any atom is -0.504 e. The van der Waals surface area contributed by atoms with Crippen LogP contribution in [0.2, 0.25) is 0 Å². The molecule has 0 aliphatic carbocycles. The molecule has 8 heteroatoms. The van der Waals surface area contributed by atoms with Crippen molar-refractivity contribution in [3.63, 3.8) is 0 Å². The van der Waals surface area contributed by atoms with Crippen LogP contribution in [0.15, 0.2) is 84.6 Å². The van der Waals surface area contributed by atoms with E-state index in [0.717, 1.165) is 28.0 Å². The number of aromatic nitrogens is 4. The molecule has 0 spiro atoms. The predicted molar refractivity (Wildman–Crippen MR) is 129 cm³/mol. The lowest BCUT2D eigenvalue weighted by Crippen LogP contribution is -2.02. The zero-order valence-electron chi connectivity index (χ0n) is 18.4. The highest BCUT2D eigenvalue weighted by atomic mass is 16.5. The number of hydrogen-bond donors (Lipinski definition) is 1. The largest absolute Gasteiger partial charge is 0.504 e. The molecular weight excluding hydrogens is 404 g/mol. The van der Waals surface area contributed by atoms with Gasteiger partial charge in [0.25, 0.3) is 0 Å². The van der Waals surface area contributed by atoms with Gasteiger partial charge in [0.2, 0.25) is 0 Å². The van der Waals surface area contributed by atoms with E-state index in [-0.39, 0.29) is 0 Å². The number of hydrazone groups is 1. The van der Waals surface area contributed by atoms with Gasteiger partial charge in [-0.3, -0.25) is 5.43 Å². The molecule has 0 aliphatic heterocycles. The number of nitrogens with zero attached hydrogens (tertiary/aromatic N) is 5. The highest BCUT2D eigenvalue weighted by Gasteiger charge is 2.12. The lowest BCUT2D eigenvalue weighted by Gasteiger charge is -2.07. The number of hydrogen-bond acceptors (Lipinski definition) is 7. The normalized spacial score (nSPS) is 12.6. The summed E-state index contributed by atoms with van der Waals surface area (Å²) in [7, 11) is 1.60. The van der Waals surface area contributed by atoms with Gasteiger partial charge in [-0.25, -0.2) is 14.6 Å². The monoisotopic (exact) mass is 430 g/mol.